The summed E-state index contributed by atoms with van der Waals surface area (Å²) in [6, 6.07) is 3.34. The number of hydrogen-bond acceptors (Lipinski definition) is 7. The van der Waals surface area contributed by atoms with Crippen LogP contribution >= 0.6 is 0 Å². The zero-order chi connectivity index (χ0) is 16.3. The average Bonchev–Trinajstić information content (AvgIpc) is 2.45. The quantitative estimate of drug-likeness (QED) is 0.649. The normalized spacial score (nSPS) is 21.3. The van der Waals surface area contributed by atoms with Crippen molar-refractivity contribution < 1.29 is 15.0 Å². The van der Waals surface area contributed by atoms with Gasteiger partial charge in [-0.05, 0) is 38.7 Å². The molecule has 9 nitrogen and oxygen atoms in total. The fourth-order valence-corrected chi connectivity index (χ4v) is 2.21. The lowest BCUT2D eigenvalue weighted by atomic mass is 9.85. The summed E-state index contributed by atoms with van der Waals surface area (Å²) >= 11 is 0. The molecule has 1 aliphatic carbocycles. The van der Waals surface area contributed by atoms with Gasteiger partial charge in [0.1, 0.15) is 5.69 Å². The zero-order valence-corrected chi connectivity index (χ0v) is 12.0. The van der Waals surface area contributed by atoms with Crippen LogP contribution in [0.15, 0.2) is 23.3 Å². The summed E-state index contributed by atoms with van der Waals surface area (Å²) in [5.74, 6) is 0. The second-order valence-corrected chi connectivity index (χ2v) is 5.50. The highest BCUT2D eigenvalue weighted by atomic mass is 16.6. The number of nitrogens with zero attached hydrogens (tertiary/aromatic N) is 3. The maximum atomic E-state index is 11.0. The third kappa shape index (κ3) is 3.76. The lowest BCUT2D eigenvalue weighted by Gasteiger charge is -2.28. The molecule has 0 radical (unpaired) electrons. The van der Waals surface area contributed by atoms with Gasteiger partial charge in [-0.15, -0.1) is 0 Å². The van der Waals surface area contributed by atoms with Gasteiger partial charge < -0.3 is 5.11 Å². The number of rotatable bonds is 4. The lowest BCUT2D eigenvalue weighted by Crippen LogP contribution is -2.30. The number of hydrazone groups is 1. The molecule has 0 spiro atoms. The van der Waals surface area contributed by atoms with Crippen LogP contribution in [0.25, 0.3) is 0 Å². The highest BCUT2D eigenvalue weighted by Gasteiger charge is 2.26. The molecule has 118 valence electrons. The summed E-state index contributed by atoms with van der Waals surface area (Å²) in [6.07, 6.45) is 2.35. The van der Waals surface area contributed by atoms with E-state index in [1.807, 2.05) is 0 Å². The van der Waals surface area contributed by atoms with E-state index in [0.717, 1.165) is 11.8 Å². The Morgan fingerprint density at radius 3 is 2.41 bits per heavy atom. The minimum Gasteiger partial charge on any atom is -0.390 e. The maximum absolute atomic E-state index is 11.0. The maximum Gasteiger partial charge on any atom is 0.301 e. The molecule has 0 saturated heterocycles. The number of nitro benzene ring substituents is 2. The van der Waals surface area contributed by atoms with Gasteiger partial charge in [0.2, 0.25) is 0 Å². The van der Waals surface area contributed by atoms with E-state index in [0.29, 0.717) is 25.7 Å². The molecular formula is C13H16N4O5. The first-order valence-corrected chi connectivity index (χ1v) is 6.75. The number of nitrogens with one attached hydrogen (secondary N) is 1. The van der Waals surface area contributed by atoms with Crippen LogP contribution in [0, 0.1) is 20.2 Å². The van der Waals surface area contributed by atoms with Crippen LogP contribution in [0.2, 0.25) is 0 Å². The monoisotopic (exact) mass is 308 g/mol. The molecule has 2 N–H and O–H groups in total. The van der Waals surface area contributed by atoms with E-state index in [1.165, 1.54) is 12.1 Å². The van der Waals surface area contributed by atoms with Crippen LogP contribution in [0.5, 0.6) is 0 Å². The molecule has 2 rings (SSSR count). The summed E-state index contributed by atoms with van der Waals surface area (Å²) in [5.41, 5.74) is 2.06. The van der Waals surface area contributed by atoms with Crippen LogP contribution in [-0.2, 0) is 0 Å². The molecule has 0 amide bonds. The van der Waals surface area contributed by atoms with Crippen LogP contribution in [0.4, 0.5) is 17.1 Å². The number of non-ortho nitro benzene ring substituents is 1. The molecule has 9 heteroatoms. The van der Waals surface area contributed by atoms with Crippen molar-refractivity contribution in [2.24, 2.45) is 5.10 Å². The van der Waals surface area contributed by atoms with E-state index in [-0.39, 0.29) is 11.4 Å². The summed E-state index contributed by atoms with van der Waals surface area (Å²) in [7, 11) is 0. The molecular weight excluding hydrogens is 292 g/mol. The van der Waals surface area contributed by atoms with Gasteiger partial charge in [-0.3, -0.25) is 25.7 Å². The van der Waals surface area contributed by atoms with Gasteiger partial charge in [-0.1, -0.05) is 0 Å². The largest absolute Gasteiger partial charge is 0.390 e. The molecule has 0 aromatic heterocycles. The Morgan fingerprint density at radius 2 is 1.86 bits per heavy atom. The van der Waals surface area contributed by atoms with E-state index in [9.17, 15) is 25.3 Å². The fraction of sp³-hybridized carbons (Fsp3) is 0.462. The van der Waals surface area contributed by atoms with Crippen LogP contribution < -0.4 is 5.43 Å². The van der Waals surface area contributed by atoms with E-state index >= 15 is 0 Å². The fourth-order valence-electron chi connectivity index (χ4n) is 2.21. The minimum absolute atomic E-state index is 0.0976. The topological polar surface area (TPSA) is 131 Å². The first-order valence-electron chi connectivity index (χ1n) is 6.75. The first kappa shape index (κ1) is 15.8. The Bertz CT molecular complexity index is 629. The second-order valence-electron chi connectivity index (χ2n) is 5.50. The predicted molar refractivity (Wildman–Crippen MR) is 79.9 cm³/mol. The second kappa shape index (κ2) is 6.06. The number of nitro groups is 2. The molecule has 1 fully saturated rings. The van der Waals surface area contributed by atoms with Gasteiger partial charge in [0.05, 0.1) is 21.5 Å². The van der Waals surface area contributed by atoms with Crippen molar-refractivity contribution in [1.29, 1.82) is 0 Å². The van der Waals surface area contributed by atoms with Gasteiger partial charge in [-0.25, -0.2) is 0 Å². The SMILES string of the molecule is CC1(O)CCC(=NNc2ccc([N+](=O)[O-])cc2[N+](=O)[O-])CC1. The Labute approximate surface area is 125 Å². The Balaban J connectivity index is 2.16. The van der Waals surface area contributed by atoms with E-state index in [1.54, 1.807) is 6.92 Å². The summed E-state index contributed by atoms with van der Waals surface area (Å²) in [6.45, 7) is 1.76. The van der Waals surface area contributed by atoms with Crippen LogP contribution in [0.3, 0.4) is 0 Å². The van der Waals surface area contributed by atoms with Crippen molar-refractivity contribution in [3.63, 3.8) is 0 Å². The van der Waals surface area contributed by atoms with Crippen molar-refractivity contribution in [1.82, 2.24) is 0 Å². The van der Waals surface area contributed by atoms with E-state index in [4.69, 9.17) is 0 Å². The van der Waals surface area contributed by atoms with Crippen molar-refractivity contribution in [2.45, 2.75) is 38.2 Å². The van der Waals surface area contributed by atoms with Gasteiger partial charge in [0, 0.05) is 11.8 Å². The zero-order valence-electron chi connectivity index (χ0n) is 12.0. The van der Waals surface area contributed by atoms with E-state index in [2.05, 4.69) is 10.5 Å². The number of anilines is 1. The molecule has 22 heavy (non-hydrogen) atoms. The molecule has 1 saturated carbocycles. The van der Waals surface area contributed by atoms with Crippen molar-refractivity contribution >= 4 is 22.8 Å². The summed E-state index contributed by atoms with van der Waals surface area (Å²) in [5, 5.41) is 35.6. The molecule has 0 bridgehead atoms. The Kier molecular flexibility index (Phi) is 4.36. The molecule has 1 aliphatic rings. The van der Waals surface area contributed by atoms with E-state index < -0.39 is 21.1 Å². The molecule has 1 aromatic carbocycles. The number of hydrogen-bond donors (Lipinski definition) is 2. The van der Waals surface area contributed by atoms with Crippen LogP contribution in [0.1, 0.15) is 32.6 Å². The van der Waals surface area contributed by atoms with Gasteiger partial charge in [-0.2, -0.15) is 5.10 Å². The van der Waals surface area contributed by atoms with Crippen molar-refractivity contribution in [3.8, 4) is 0 Å². The smallest absolute Gasteiger partial charge is 0.301 e. The Hall–Kier alpha value is -2.55. The van der Waals surface area contributed by atoms with Crippen LogP contribution in [-0.4, -0.2) is 26.3 Å². The molecule has 0 unspecified atom stereocenters. The van der Waals surface area contributed by atoms with Gasteiger partial charge in [0.25, 0.3) is 5.69 Å². The third-order valence-corrected chi connectivity index (χ3v) is 3.63. The number of aliphatic hydroxyl groups is 1. The van der Waals surface area contributed by atoms with Crippen molar-refractivity contribution in [3.05, 3.63) is 38.4 Å². The lowest BCUT2D eigenvalue weighted by molar-refractivity contribution is -0.393. The van der Waals surface area contributed by atoms with Gasteiger partial charge in [0.15, 0.2) is 0 Å². The molecule has 1 aromatic rings. The molecule has 0 aliphatic heterocycles. The minimum atomic E-state index is -0.696. The first-order chi connectivity index (χ1) is 10.3. The third-order valence-electron chi connectivity index (χ3n) is 3.63. The highest BCUT2D eigenvalue weighted by Crippen LogP contribution is 2.30. The van der Waals surface area contributed by atoms with Crippen molar-refractivity contribution in [2.75, 3.05) is 5.43 Å². The van der Waals surface area contributed by atoms with Gasteiger partial charge >= 0.3 is 5.69 Å². The standard InChI is InChI=1S/C13H16N4O5/c1-13(18)6-4-9(5-7-13)14-15-11-3-2-10(16(19)20)8-12(11)17(21)22/h2-3,8,15,18H,4-7H2,1H3. The number of benzene rings is 1. The molecule has 0 heterocycles. The molecule has 0 atom stereocenters. The Morgan fingerprint density at radius 1 is 1.23 bits per heavy atom. The summed E-state index contributed by atoms with van der Waals surface area (Å²) in [4.78, 5) is 20.3. The predicted octanol–water partition coefficient (Wildman–Crippen LogP) is 2.60. The average molecular weight is 308 g/mol. The summed E-state index contributed by atoms with van der Waals surface area (Å²) < 4.78 is 0. The highest BCUT2D eigenvalue weighted by molar-refractivity contribution is 5.86.